The van der Waals surface area contributed by atoms with E-state index in [2.05, 4.69) is 20.3 Å². The van der Waals surface area contributed by atoms with Gasteiger partial charge in [0.1, 0.15) is 5.75 Å². The second kappa shape index (κ2) is 9.67. The number of hydrogen-bond donors (Lipinski definition) is 2. The van der Waals surface area contributed by atoms with E-state index in [4.69, 9.17) is 5.41 Å². The third kappa shape index (κ3) is 5.64. The molecule has 0 saturated carbocycles. The zero-order valence-electron chi connectivity index (χ0n) is 18.3. The maximum Gasteiger partial charge on any atom is 0.573 e. The summed E-state index contributed by atoms with van der Waals surface area (Å²) in [4.78, 5) is 12.6. The first-order chi connectivity index (χ1) is 16.7. The van der Waals surface area contributed by atoms with Gasteiger partial charge in [0.2, 0.25) is 5.43 Å². The van der Waals surface area contributed by atoms with Crippen molar-refractivity contribution in [3.63, 3.8) is 0 Å². The number of rotatable bonds is 7. The van der Waals surface area contributed by atoms with E-state index in [0.29, 0.717) is 5.69 Å². The van der Waals surface area contributed by atoms with Crippen LogP contribution in [0.2, 0.25) is 0 Å². The lowest BCUT2D eigenvalue weighted by atomic mass is 10.1. The highest BCUT2D eigenvalue weighted by atomic mass is 19.4. The van der Waals surface area contributed by atoms with Crippen LogP contribution in [0.5, 0.6) is 5.75 Å². The molecule has 2 heterocycles. The number of halogens is 3. The number of nitrogens with one attached hydrogen (secondary N) is 2. The van der Waals surface area contributed by atoms with Gasteiger partial charge in [0.25, 0.3) is 0 Å². The maximum absolute atomic E-state index is 12.6. The lowest BCUT2D eigenvalue weighted by Crippen LogP contribution is -2.19. The largest absolute Gasteiger partial charge is 0.573 e. The number of anilines is 1. The summed E-state index contributed by atoms with van der Waals surface area (Å²) in [7, 11) is 0. The van der Waals surface area contributed by atoms with Crippen molar-refractivity contribution in [2.45, 2.75) is 13.3 Å². The van der Waals surface area contributed by atoms with Gasteiger partial charge >= 0.3 is 6.36 Å². The summed E-state index contributed by atoms with van der Waals surface area (Å²) in [5, 5.41) is 19.0. The molecule has 11 heteroatoms. The third-order valence-electron chi connectivity index (χ3n) is 4.86. The van der Waals surface area contributed by atoms with Gasteiger partial charge in [-0.25, -0.2) is 9.36 Å². The van der Waals surface area contributed by atoms with Crippen molar-refractivity contribution in [1.82, 2.24) is 19.6 Å². The Morgan fingerprint density at radius 1 is 1.09 bits per heavy atom. The fourth-order valence-electron chi connectivity index (χ4n) is 3.38. The highest BCUT2D eigenvalue weighted by Gasteiger charge is 2.31. The molecule has 178 valence electrons. The zero-order valence-corrected chi connectivity index (χ0v) is 18.3. The first-order valence-electron chi connectivity index (χ1n) is 10.3. The third-order valence-corrected chi connectivity index (χ3v) is 4.86. The number of aryl methyl sites for hydroxylation is 1. The van der Waals surface area contributed by atoms with Crippen LogP contribution < -0.4 is 15.5 Å². The number of ether oxygens (including phenoxy) is 1. The Kier molecular flexibility index (Phi) is 6.49. The van der Waals surface area contributed by atoms with Gasteiger partial charge in [-0.1, -0.05) is 6.07 Å². The summed E-state index contributed by atoms with van der Waals surface area (Å²) < 4.78 is 44.9. The highest BCUT2D eigenvalue weighted by Crippen LogP contribution is 2.26. The summed E-state index contributed by atoms with van der Waals surface area (Å²) in [5.74, 6) is -0.428. The normalized spacial score (nSPS) is 11.8. The average molecular weight is 480 g/mol. The van der Waals surface area contributed by atoms with Crippen LogP contribution >= 0.6 is 0 Å². The summed E-state index contributed by atoms with van der Waals surface area (Å²) in [5.41, 5.74) is 2.32. The van der Waals surface area contributed by atoms with Crippen LogP contribution in [0.1, 0.15) is 11.3 Å². The fraction of sp³-hybridized carbons (Fsp3) is 0.0833. The van der Waals surface area contributed by atoms with E-state index in [-0.39, 0.29) is 17.1 Å². The number of allylic oxidation sites excluding steroid dienone is 1. The van der Waals surface area contributed by atoms with E-state index in [1.165, 1.54) is 35.2 Å². The summed E-state index contributed by atoms with van der Waals surface area (Å²) in [6.45, 7) is 1.89. The molecule has 2 aromatic carbocycles. The van der Waals surface area contributed by atoms with Crippen molar-refractivity contribution in [1.29, 1.82) is 5.41 Å². The van der Waals surface area contributed by atoms with Gasteiger partial charge in [0.15, 0.2) is 5.69 Å². The van der Waals surface area contributed by atoms with E-state index >= 15 is 0 Å². The molecule has 4 aromatic rings. The molecule has 0 atom stereocenters. The topological polar surface area (TPSA) is 97.8 Å². The van der Waals surface area contributed by atoms with Crippen LogP contribution in [-0.2, 0) is 0 Å². The van der Waals surface area contributed by atoms with Crippen LogP contribution in [0.3, 0.4) is 0 Å². The van der Waals surface area contributed by atoms with Crippen molar-refractivity contribution in [3.8, 4) is 17.1 Å². The Morgan fingerprint density at radius 2 is 1.91 bits per heavy atom. The van der Waals surface area contributed by atoms with E-state index in [1.807, 2.05) is 37.4 Å². The molecule has 0 saturated heterocycles. The molecule has 0 aliphatic heterocycles. The van der Waals surface area contributed by atoms with E-state index in [0.717, 1.165) is 29.6 Å². The van der Waals surface area contributed by atoms with Gasteiger partial charge in [0, 0.05) is 42.6 Å². The smallest absolute Gasteiger partial charge is 0.406 e. The molecule has 8 nitrogen and oxygen atoms in total. The van der Waals surface area contributed by atoms with Crippen LogP contribution in [-0.4, -0.2) is 32.1 Å². The molecule has 0 amide bonds. The van der Waals surface area contributed by atoms with Gasteiger partial charge in [0.05, 0.1) is 17.1 Å². The van der Waals surface area contributed by atoms with Crippen molar-refractivity contribution in [3.05, 3.63) is 101 Å². The molecule has 0 fully saturated rings. The average Bonchev–Trinajstić information content (AvgIpc) is 3.34. The Labute approximate surface area is 197 Å². The first-order valence-corrected chi connectivity index (χ1v) is 10.3. The van der Waals surface area contributed by atoms with Gasteiger partial charge in [-0.05, 0) is 55.0 Å². The number of alkyl halides is 3. The minimum absolute atomic E-state index is 0.0197. The second-order valence-corrected chi connectivity index (χ2v) is 7.34. The van der Waals surface area contributed by atoms with Gasteiger partial charge < -0.3 is 15.5 Å². The molecule has 0 spiro atoms. The van der Waals surface area contributed by atoms with Crippen LogP contribution in [0.25, 0.3) is 17.1 Å². The van der Waals surface area contributed by atoms with Gasteiger partial charge in [-0.15, -0.1) is 13.2 Å². The highest BCUT2D eigenvalue weighted by molar-refractivity contribution is 5.87. The number of hydrogen-bond acceptors (Lipinski definition) is 6. The standard InChI is InChI=1S/C24H19F3N6O2/c1-16-14-18(32-12-3-11-29-32)6-7-21(16)33-13-9-22(34)23(31-33)20(8-10-28)30-17-4-2-5-19(15-17)35-24(25,26)27/h2-15,28,30H,1H3/b20-8-,28-10?. The zero-order chi connectivity index (χ0) is 25.0. The molecule has 0 radical (unpaired) electrons. The molecule has 2 N–H and O–H groups in total. The molecule has 35 heavy (non-hydrogen) atoms. The number of aromatic nitrogens is 4. The summed E-state index contributed by atoms with van der Waals surface area (Å²) in [6, 6.07) is 13.9. The summed E-state index contributed by atoms with van der Waals surface area (Å²) >= 11 is 0. The van der Waals surface area contributed by atoms with Crippen LogP contribution in [0.15, 0.2) is 84.1 Å². The lowest BCUT2D eigenvalue weighted by Gasteiger charge is -2.15. The molecule has 0 aliphatic rings. The predicted molar refractivity (Wildman–Crippen MR) is 125 cm³/mol. The van der Waals surface area contributed by atoms with Crippen LogP contribution in [0.4, 0.5) is 18.9 Å². The predicted octanol–water partition coefficient (Wildman–Crippen LogP) is 4.73. The second-order valence-electron chi connectivity index (χ2n) is 7.34. The first kappa shape index (κ1) is 23.5. The molecule has 2 aromatic heterocycles. The SMILES string of the molecule is Cc1cc(-n2cccn2)ccc1-n1ccc(=O)c(/C(=C/C=N)Nc2cccc(OC(F)(F)F)c2)n1. The fourth-order valence-corrected chi connectivity index (χ4v) is 3.38. The maximum atomic E-state index is 12.6. The Hall–Kier alpha value is -4.67. The minimum atomic E-state index is -4.84. The van der Waals surface area contributed by atoms with Crippen molar-refractivity contribution in [2.24, 2.45) is 0 Å². The molecule has 0 bridgehead atoms. The van der Waals surface area contributed by atoms with Gasteiger partial charge in [-0.3, -0.25) is 4.79 Å². The van der Waals surface area contributed by atoms with Crippen LogP contribution in [0, 0.1) is 12.3 Å². The molecular formula is C24H19F3N6O2. The molecular weight excluding hydrogens is 461 g/mol. The van der Waals surface area contributed by atoms with Crippen molar-refractivity contribution < 1.29 is 17.9 Å². The Morgan fingerprint density at radius 3 is 2.60 bits per heavy atom. The Balaban J connectivity index is 1.68. The number of benzene rings is 2. The minimum Gasteiger partial charge on any atom is -0.406 e. The summed E-state index contributed by atoms with van der Waals surface area (Å²) in [6.07, 6.45) is 2.40. The van der Waals surface area contributed by atoms with Crippen molar-refractivity contribution in [2.75, 3.05) is 5.32 Å². The van der Waals surface area contributed by atoms with Gasteiger partial charge in [-0.2, -0.15) is 10.2 Å². The molecule has 0 aliphatic carbocycles. The molecule has 4 rings (SSSR count). The van der Waals surface area contributed by atoms with Crippen molar-refractivity contribution >= 4 is 17.6 Å². The van der Waals surface area contributed by atoms with E-state index < -0.39 is 17.5 Å². The Bertz CT molecular complexity index is 1440. The molecule has 0 unspecified atom stereocenters. The van der Waals surface area contributed by atoms with E-state index in [1.54, 1.807) is 10.9 Å². The lowest BCUT2D eigenvalue weighted by molar-refractivity contribution is -0.274. The van der Waals surface area contributed by atoms with E-state index in [9.17, 15) is 18.0 Å². The monoisotopic (exact) mass is 480 g/mol. The quantitative estimate of drug-likeness (QED) is 0.373. The number of nitrogens with zero attached hydrogens (tertiary/aromatic N) is 4.